The zero-order chi connectivity index (χ0) is 16.2. The van der Waals surface area contributed by atoms with E-state index in [1.165, 1.54) is 11.1 Å². The number of benzene rings is 2. The van der Waals surface area contributed by atoms with Crippen molar-refractivity contribution in [2.24, 2.45) is 0 Å². The third kappa shape index (κ3) is 3.03. The summed E-state index contributed by atoms with van der Waals surface area (Å²) >= 11 is -0.836. The molecule has 0 aromatic heterocycles. The Bertz CT molecular complexity index is 796. The molecule has 0 radical (unpaired) electrons. The van der Waals surface area contributed by atoms with Gasteiger partial charge in [-0.3, -0.25) is 0 Å². The maximum Gasteiger partial charge on any atom is -1.00 e. The molecule has 0 saturated heterocycles. The topological polar surface area (TPSA) is 0 Å². The number of halogens is 2. The average molecular weight is 449 g/mol. The van der Waals surface area contributed by atoms with Crippen LogP contribution in [0.5, 0.6) is 0 Å². The maximum absolute atomic E-state index is 2.50. The van der Waals surface area contributed by atoms with E-state index in [1.807, 2.05) is 0 Å². The van der Waals surface area contributed by atoms with Gasteiger partial charge in [-0.2, -0.15) is 0 Å². The van der Waals surface area contributed by atoms with Gasteiger partial charge in [-0.05, 0) is 0 Å². The second-order valence-electron chi connectivity index (χ2n) is 7.20. The molecule has 128 valence electrons. The Balaban J connectivity index is 0.00000113. The number of hydrogen-bond donors (Lipinski definition) is 0. The molecular weight excluding hydrogens is 426 g/mol. The standard InChI is InChI=1S/2C11H11.2ClH.Zr/c2*1-8-7-10-5-3-4-6-11(10)9(8)2;;;/h2*3-7H,1-2H3;2*1H;/q;;;;+2/p-2. The summed E-state index contributed by atoms with van der Waals surface area (Å²) in [6.07, 6.45) is 4.83. The van der Waals surface area contributed by atoms with Crippen LogP contribution in [-0.4, -0.2) is 0 Å². The predicted octanol–water partition coefficient (Wildman–Crippen LogP) is -0.258. The van der Waals surface area contributed by atoms with E-state index in [2.05, 4.69) is 88.4 Å². The van der Waals surface area contributed by atoms with Gasteiger partial charge in [-0.15, -0.1) is 0 Å². The fourth-order valence-corrected chi connectivity index (χ4v) is 9.73. The smallest absolute Gasteiger partial charge is 1.00 e. The monoisotopic (exact) mass is 446 g/mol. The Labute approximate surface area is 175 Å². The molecule has 0 saturated carbocycles. The van der Waals surface area contributed by atoms with Gasteiger partial charge in [0.15, 0.2) is 0 Å². The van der Waals surface area contributed by atoms with Crippen LogP contribution >= 0.6 is 0 Å². The first kappa shape index (κ1) is 20.7. The van der Waals surface area contributed by atoms with Gasteiger partial charge in [0, 0.05) is 0 Å². The Morgan fingerprint density at radius 2 is 1.00 bits per heavy atom. The van der Waals surface area contributed by atoms with E-state index in [4.69, 9.17) is 0 Å². The third-order valence-electron chi connectivity index (χ3n) is 5.82. The second kappa shape index (κ2) is 7.18. The first-order valence-corrected chi connectivity index (χ1v) is 10.8. The normalized spacial score (nSPS) is 25.6. The largest absolute Gasteiger partial charge is 1.00 e. The van der Waals surface area contributed by atoms with Crippen LogP contribution in [0.4, 0.5) is 0 Å². The van der Waals surface area contributed by atoms with Crippen LogP contribution in [0.1, 0.15) is 49.9 Å². The molecule has 2 aromatic rings. The second-order valence-corrected chi connectivity index (χ2v) is 12.7. The van der Waals surface area contributed by atoms with Gasteiger partial charge < -0.3 is 24.8 Å². The van der Waals surface area contributed by atoms with Crippen molar-refractivity contribution in [3.8, 4) is 0 Å². The molecule has 2 aromatic carbocycles. The van der Waals surface area contributed by atoms with Crippen molar-refractivity contribution in [1.29, 1.82) is 0 Å². The predicted molar refractivity (Wildman–Crippen MR) is 94.9 cm³/mol. The van der Waals surface area contributed by atoms with Crippen molar-refractivity contribution in [3.63, 3.8) is 0 Å². The van der Waals surface area contributed by atoms with E-state index in [0.29, 0.717) is 0 Å². The summed E-state index contributed by atoms with van der Waals surface area (Å²) in [6, 6.07) is 18.0. The van der Waals surface area contributed by atoms with Crippen LogP contribution in [0.25, 0.3) is 12.2 Å². The van der Waals surface area contributed by atoms with E-state index >= 15 is 0 Å². The van der Waals surface area contributed by atoms with E-state index in [9.17, 15) is 0 Å². The molecule has 0 nitrogen and oxygen atoms in total. The first-order chi connectivity index (χ1) is 10.9. The van der Waals surface area contributed by atoms with Crippen LogP contribution in [0.2, 0.25) is 0 Å². The quantitative estimate of drug-likeness (QED) is 0.594. The van der Waals surface area contributed by atoms with Gasteiger partial charge in [0.05, 0.1) is 0 Å². The van der Waals surface area contributed by atoms with E-state index in [-0.39, 0.29) is 31.1 Å². The first-order valence-electron chi connectivity index (χ1n) is 8.31. The molecule has 4 rings (SSSR count). The van der Waals surface area contributed by atoms with Crippen molar-refractivity contribution in [1.82, 2.24) is 0 Å². The molecule has 0 aliphatic heterocycles. The number of fused-ring (bicyclic) bond motifs is 2. The molecular formula is C22H22Cl2Zr. The zero-order valence-corrected chi connectivity index (χ0v) is 19.0. The van der Waals surface area contributed by atoms with Crippen molar-refractivity contribution >= 4 is 12.2 Å². The van der Waals surface area contributed by atoms with E-state index < -0.39 is 23.2 Å². The van der Waals surface area contributed by atoms with E-state index in [1.54, 1.807) is 22.3 Å². The molecule has 2 unspecified atom stereocenters. The summed E-state index contributed by atoms with van der Waals surface area (Å²) in [7, 11) is 0. The van der Waals surface area contributed by atoms with Gasteiger partial charge >= 0.3 is 151 Å². The van der Waals surface area contributed by atoms with Crippen LogP contribution in [0.3, 0.4) is 0 Å². The number of rotatable bonds is 2. The van der Waals surface area contributed by atoms with Crippen LogP contribution in [0.15, 0.2) is 59.7 Å². The number of hydrogen-bond acceptors (Lipinski definition) is 0. The van der Waals surface area contributed by atoms with Gasteiger partial charge in [-0.25, -0.2) is 0 Å². The third-order valence-corrected chi connectivity index (χ3v) is 11.5. The van der Waals surface area contributed by atoms with E-state index in [0.717, 1.165) is 0 Å². The summed E-state index contributed by atoms with van der Waals surface area (Å²) in [5, 5.41) is 0. The molecule has 25 heavy (non-hydrogen) atoms. The number of allylic oxidation sites excluding steroid dienone is 2. The molecule has 2 aliphatic rings. The zero-order valence-electron chi connectivity index (χ0n) is 15.0. The Kier molecular flexibility index (Phi) is 5.95. The van der Waals surface area contributed by atoms with Crippen LogP contribution in [0, 0.1) is 0 Å². The minimum Gasteiger partial charge on any atom is -1.00 e. The van der Waals surface area contributed by atoms with Gasteiger partial charge in [0.25, 0.3) is 0 Å². The molecule has 0 amide bonds. The van der Waals surface area contributed by atoms with Gasteiger partial charge in [0.2, 0.25) is 0 Å². The molecule has 2 atom stereocenters. The maximum atomic E-state index is 2.50. The summed E-state index contributed by atoms with van der Waals surface area (Å²) < 4.78 is 0.558. The van der Waals surface area contributed by atoms with Crippen LogP contribution < -0.4 is 24.8 Å². The Hall–Kier alpha value is -0.617. The Morgan fingerprint density at radius 1 is 0.640 bits per heavy atom. The molecule has 0 N–H and O–H groups in total. The fraction of sp³-hybridized carbons (Fsp3) is 0.273. The summed E-state index contributed by atoms with van der Waals surface area (Å²) in [4.78, 5) is 0. The minimum absolute atomic E-state index is 0. The molecule has 0 fully saturated rings. The minimum atomic E-state index is -0.836. The molecule has 0 heterocycles. The summed E-state index contributed by atoms with van der Waals surface area (Å²) in [5.41, 5.74) is 9.10. The van der Waals surface area contributed by atoms with Crippen molar-refractivity contribution in [2.45, 2.75) is 33.9 Å². The molecule has 2 aliphatic carbocycles. The molecule has 0 spiro atoms. The summed E-state index contributed by atoms with van der Waals surface area (Å²) in [5.74, 6) is 0. The average Bonchev–Trinajstić information content (AvgIpc) is 2.93. The van der Waals surface area contributed by atoms with Gasteiger partial charge in [0.1, 0.15) is 0 Å². The van der Waals surface area contributed by atoms with Crippen molar-refractivity contribution < 1.29 is 48.0 Å². The molecule has 0 bridgehead atoms. The fourth-order valence-electron chi connectivity index (χ4n) is 4.17. The van der Waals surface area contributed by atoms with Crippen molar-refractivity contribution in [3.05, 3.63) is 81.9 Å². The van der Waals surface area contributed by atoms with Gasteiger partial charge in [-0.1, -0.05) is 0 Å². The molecule has 3 heteroatoms. The van der Waals surface area contributed by atoms with Crippen LogP contribution in [-0.2, 0) is 29.5 Å². The van der Waals surface area contributed by atoms with Crippen molar-refractivity contribution in [2.75, 3.05) is 0 Å². The summed E-state index contributed by atoms with van der Waals surface area (Å²) in [6.45, 7) is 9.67. The Morgan fingerprint density at radius 3 is 1.40 bits per heavy atom. The SMILES string of the molecule is CC1=Cc2ccccc2[C]1(C)[Zr+2][C]1(C)C(C)=Cc2ccccc21.[Cl-].[Cl-].